The summed E-state index contributed by atoms with van der Waals surface area (Å²) in [7, 11) is 0. The summed E-state index contributed by atoms with van der Waals surface area (Å²) in [5.74, 6) is -0.351. The molecule has 9 heteroatoms. The maximum atomic E-state index is 13.7. The molecule has 1 N–H and O–H groups in total. The molecule has 3 heterocycles. The number of hydrogen-bond donors (Lipinski definition) is 1. The van der Waals surface area contributed by atoms with E-state index in [0.29, 0.717) is 19.5 Å². The molecular formula is C29H39FN4O4. The van der Waals surface area contributed by atoms with Crippen molar-refractivity contribution in [3.8, 4) is 0 Å². The van der Waals surface area contributed by atoms with Gasteiger partial charge in [-0.25, -0.2) is 9.18 Å². The molecule has 0 aliphatic carbocycles. The molecule has 4 rings (SSSR count). The van der Waals surface area contributed by atoms with Crippen LogP contribution in [0.4, 0.5) is 14.9 Å². The zero-order chi connectivity index (χ0) is 27.8. The number of ether oxygens (including phenoxy) is 1. The van der Waals surface area contributed by atoms with Crippen molar-refractivity contribution in [3.63, 3.8) is 0 Å². The number of aliphatic hydroxyl groups excluding tert-OH is 1. The van der Waals surface area contributed by atoms with Crippen LogP contribution in [-0.4, -0.2) is 82.4 Å². The minimum absolute atomic E-state index is 0.0751. The van der Waals surface area contributed by atoms with E-state index >= 15 is 0 Å². The van der Waals surface area contributed by atoms with Crippen LogP contribution in [0.15, 0.2) is 36.5 Å². The molecule has 2 atom stereocenters. The number of nitrogens with zero attached hydrogens (tertiary/aromatic N) is 4. The van der Waals surface area contributed by atoms with Gasteiger partial charge in [-0.15, -0.1) is 0 Å². The standard InChI is InChI=1S/C29H39FN4O4/c1-19-14-32(23(17-35)15-33(19)27(37)38-28(2,3)4)16-25(36)34-18-29(5,6)26-24(34)12-21(13-31-26)11-20-7-9-22(30)10-8-20/h7-10,12-13,19,23,35H,11,14-18H2,1-6H3/t19-,23-/m1/s1. The number of hydrogen-bond acceptors (Lipinski definition) is 6. The number of amides is 2. The van der Waals surface area contributed by atoms with E-state index in [4.69, 9.17) is 9.72 Å². The molecule has 38 heavy (non-hydrogen) atoms. The number of halogens is 1. The van der Waals surface area contributed by atoms with Gasteiger partial charge in [0.1, 0.15) is 11.4 Å². The van der Waals surface area contributed by atoms with Gasteiger partial charge in [-0.05, 0) is 63.4 Å². The first-order valence-electron chi connectivity index (χ1n) is 13.2. The van der Waals surface area contributed by atoms with Crippen molar-refractivity contribution in [2.75, 3.05) is 37.7 Å². The third-order valence-electron chi connectivity index (χ3n) is 7.16. The van der Waals surface area contributed by atoms with E-state index in [-0.39, 0.29) is 48.9 Å². The predicted octanol–water partition coefficient (Wildman–Crippen LogP) is 3.74. The molecule has 0 unspecified atom stereocenters. The van der Waals surface area contributed by atoms with Crippen LogP contribution in [0.25, 0.3) is 0 Å². The number of fused-ring (bicyclic) bond motifs is 1. The second-order valence-corrected chi connectivity index (χ2v) is 12.1. The minimum Gasteiger partial charge on any atom is -0.444 e. The quantitative estimate of drug-likeness (QED) is 0.639. The lowest BCUT2D eigenvalue weighted by Crippen LogP contribution is -2.62. The Kier molecular flexibility index (Phi) is 7.81. The fourth-order valence-electron chi connectivity index (χ4n) is 5.24. The lowest BCUT2D eigenvalue weighted by atomic mass is 9.91. The molecule has 2 aromatic rings. The van der Waals surface area contributed by atoms with Crippen LogP contribution in [-0.2, 0) is 21.4 Å². The van der Waals surface area contributed by atoms with Gasteiger partial charge in [-0.3, -0.25) is 14.7 Å². The van der Waals surface area contributed by atoms with Gasteiger partial charge in [0.25, 0.3) is 0 Å². The molecule has 2 amide bonds. The van der Waals surface area contributed by atoms with Crippen molar-refractivity contribution < 1.29 is 23.8 Å². The van der Waals surface area contributed by atoms with Crippen molar-refractivity contribution in [2.45, 2.75) is 71.1 Å². The van der Waals surface area contributed by atoms with Crippen LogP contribution in [0.5, 0.6) is 0 Å². The Hall–Kier alpha value is -3.04. The van der Waals surface area contributed by atoms with Crippen LogP contribution in [0.1, 0.15) is 58.4 Å². The monoisotopic (exact) mass is 526 g/mol. The smallest absolute Gasteiger partial charge is 0.410 e. The molecular weight excluding hydrogens is 487 g/mol. The molecule has 0 saturated carbocycles. The number of piperazine rings is 1. The number of carbonyl (C=O) groups excluding carboxylic acids is 2. The largest absolute Gasteiger partial charge is 0.444 e. The number of pyridine rings is 1. The Labute approximate surface area is 224 Å². The summed E-state index contributed by atoms with van der Waals surface area (Å²) in [5, 5.41) is 10.1. The maximum absolute atomic E-state index is 13.7. The molecule has 0 spiro atoms. The van der Waals surface area contributed by atoms with Crippen molar-refractivity contribution in [2.24, 2.45) is 0 Å². The Bertz CT molecular complexity index is 1180. The van der Waals surface area contributed by atoms with Crippen LogP contribution in [0.3, 0.4) is 0 Å². The molecule has 1 fully saturated rings. The van der Waals surface area contributed by atoms with Gasteiger partial charge in [0.05, 0.1) is 30.6 Å². The number of rotatable bonds is 5. The fourth-order valence-corrected chi connectivity index (χ4v) is 5.24. The van der Waals surface area contributed by atoms with E-state index in [1.165, 1.54) is 12.1 Å². The average molecular weight is 527 g/mol. The topological polar surface area (TPSA) is 86.2 Å². The Morgan fingerprint density at radius 2 is 1.84 bits per heavy atom. The summed E-state index contributed by atoms with van der Waals surface area (Å²) in [6.07, 6.45) is 2.00. The first-order chi connectivity index (χ1) is 17.8. The Morgan fingerprint density at radius 3 is 2.47 bits per heavy atom. The van der Waals surface area contributed by atoms with Gasteiger partial charge in [0.2, 0.25) is 5.91 Å². The van der Waals surface area contributed by atoms with Crippen molar-refractivity contribution in [1.82, 2.24) is 14.8 Å². The van der Waals surface area contributed by atoms with Crippen LogP contribution in [0.2, 0.25) is 0 Å². The second-order valence-electron chi connectivity index (χ2n) is 12.1. The number of aromatic nitrogens is 1. The molecule has 2 aliphatic heterocycles. The third-order valence-corrected chi connectivity index (χ3v) is 7.16. The Morgan fingerprint density at radius 1 is 1.16 bits per heavy atom. The molecule has 8 nitrogen and oxygen atoms in total. The van der Waals surface area contributed by atoms with Crippen LogP contribution < -0.4 is 4.90 Å². The second kappa shape index (κ2) is 10.6. The molecule has 1 aromatic heterocycles. The van der Waals surface area contributed by atoms with Crippen LogP contribution in [0, 0.1) is 5.82 Å². The van der Waals surface area contributed by atoms with Crippen molar-refractivity contribution >= 4 is 17.7 Å². The summed E-state index contributed by atoms with van der Waals surface area (Å²) in [6.45, 7) is 12.7. The van der Waals surface area contributed by atoms with Gasteiger partial charge in [-0.2, -0.15) is 0 Å². The van der Waals surface area contributed by atoms with E-state index < -0.39 is 11.7 Å². The highest BCUT2D eigenvalue weighted by Crippen LogP contribution is 2.40. The minimum atomic E-state index is -0.613. The molecule has 0 bridgehead atoms. The first kappa shape index (κ1) is 28.0. The fraction of sp³-hybridized carbons (Fsp3) is 0.552. The lowest BCUT2D eigenvalue weighted by Gasteiger charge is -2.44. The molecule has 1 saturated heterocycles. The highest BCUT2D eigenvalue weighted by molar-refractivity contribution is 5.97. The predicted molar refractivity (Wildman–Crippen MR) is 144 cm³/mol. The summed E-state index contributed by atoms with van der Waals surface area (Å²) in [6, 6.07) is 7.84. The van der Waals surface area contributed by atoms with Crippen molar-refractivity contribution in [1.29, 1.82) is 0 Å². The summed E-state index contributed by atoms with van der Waals surface area (Å²) in [4.78, 5) is 36.5. The first-order valence-corrected chi connectivity index (χ1v) is 13.2. The number of benzene rings is 1. The zero-order valence-corrected chi connectivity index (χ0v) is 23.2. The normalized spacial score (nSPS) is 21.4. The highest BCUT2D eigenvalue weighted by atomic mass is 19.1. The number of anilines is 1. The molecule has 206 valence electrons. The van der Waals surface area contributed by atoms with E-state index in [1.54, 1.807) is 21.9 Å². The van der Waals surface area contributed by atoms with Gasteiger partial charge in [0.15, 0.2) is 0 Å². The third kappa shape index (κ3) is 6.15. The van der Waals surface area contributed by atoms with Gasteiger partial charge >= 0.3 is 6.09 Å². The summed E-state index contributed by atoms with van der Waals surface area (Å²) >= 11 is 0. The number of aliphatic hydroxyl groups is 1. The van der Waals surface area contributed by atoms with Crippen LogP contribution >= 0.6 is 0 Å². The van der Waals surface area contributed by atoms with E-state index in [0.717, 1.165) is 22.5 Å². The Balaban J connectivity index is 1.49. The summed E-state index contributed by atoms with van der Waals surface area (Å²) in [5.41, 5.74) is 2.65. The lowest BCUT2D eigenvalue weighted by molar-refractivity contribution is -0.121. The van der Waals surface area contributed by atoms with E-state index in [2.05, 4.69) is 13.8 Å². The number of carbonyl (C=O) groups is 2. The van der Waals surface area contributed by atoms with Crippen molar-refractivity contribution in [3.05, 3.63) is 59.2 Å². The van der Waals surface area contributed by atoms with Gasteiger partial charge in [-0.1, -0.05) is 26.0 Å². The summed E-state index contributed by atoms with van der Waals surface area (Å²) < 4.78 is 18.9. The maximum Gasteiger partial charge on any atom is 0.410 e. The highest BCUT2D eigenvalue weighted by Gasteiger charge is 2.42. The SMILES string of the molecule is C[C@@H]1CN(CC(=O)N2CC(C)(C)c3ncc(Cc4ccc(F)cc4)cc32)[C@@H](CO)CN1C(=O)OC(C)(C)C. The average Bonchev–Trinajstić information content (AvgIpc) is 3.10. The molecule has 2 aliphatic rings. The van der Waals surface area contributed by atoms with E-state index in [1.807, 2.05) is 44.9 Å². The van der Waals surface area contributed by atoms with E-state index in [9.17, 15) is 19.1 Å². The van der Waals surface area contributed by atoms with Gasteiger partial charge in [0, 0.05) is 37.3 Å². The van der Waals surface area contributed by atoms with Gasteiger partial charge < -0.3 is 19.6 Å². The molecule has 1 aromatic carbocycles. The molecule has 0 radical (unpaired) electrons. The zero-order valence-electron chi connectivity index (χ0n) is 23.2.